The highest BCUT2D eigenvalue weighted by Crippen LogP contribution is 2.19. The molecule has 0 spiro atoms. The summed E-state index contributed by atoms with van der Waals surface area (Å²) in [6, 6.07) is 13.1. The van der Waals surface area contributed by atoms with Gasteiger partial charge in [-0.3, -0.25) is 9.69 Å². The molecule has 1 amide bonds. The van der Waals surface area contributed by atoms with Gasteiger partial charge in [-0.15, -0.1) is 0 Å². The molecule has 0 aromatic heterocycles. The quantitative estimate of drug-likeness (QED) is 0.805. The third-order valence-electron chi connectivity index (χ3n) is 4.91. The third kappa shape index (κ3) is 5.10. The summed E-state index contributed by atoms with van der Waals surface area (Å²) >= 11 is 0. The third-order valence-corrected chi connectivity index (χ3v) is 4.91. The van der Waals surface area contributed by atoms with Gasteiger partial charge in [0.15, 0.2) is 6.61 Å². The second kappa shape index (κ2) is 8.89. The maximum Gasteiger partial charge on any atom is 0.342 e. The molecule has 1 aliphatic rings. The Morgan fingerprint density at radius 1 is 1.00 bits per heavy atom. The van der Waals surface area contributed by atoms with E-state index in [1.807, 2.05) is 6.92 Å². The van der Waals surface area contributed by atoms with E-state index >= 15 is 0 Å². The minimum atomic E-state index is -0.687. The van der Waals surface area contributed by atoms with Crippen molar-refractivity contribution in [3.8, 4) is 5.75 Å². The molecule has 1 aliphatic heterocycles. The number of amides is 1. The Balaban J connectivity index is 1.46. The van der Waals surface area contributed by atoms with E-state index in [1.54, 1.807) is 17.0 Å². The Bertz CT molecular complexity index is 857. The zero-order valence-electron chi connectivity index (χ0n) is 16.4. The number of carbonyl (C=O) groups is 2. The van der Waals surface area contributed by atoms with Gasteiger partial charge in [0, 0.05) is 32.7 Å². The molecule has 6 nitrogen and oxygen atoms in total. The van der Waals surface area contributed by atoms with Crippen molar-refractivity contribution in [3.63, 3.8) is 0 Å². The molecule has 0 bridgehead atoms. The fourth-order valence-corrected chi connectivity index (χ4v) is 3.33. The number of hydrogen-bond donors (Lipinski definition) is 1. The first-order valence-electron chi connectivity index (χ1n) is 9.45. The zero-order valence-corrected chi connectivity index (χ0v) is 16.4. The van der Waals surface area contributed by atoms with E-state index in [-0.39, 0.29) is 23.8 Å². The largest absolute Gasteiger partial charge is 0.507 e. The van der Waals surface area contributed by atoms with Crippen molar-refractivity contribution in [2.75, 3.05) is 32.8 Å². The lowest BCUT2D eigenvalue weighted by atomic mass is 10.1. The average molecular weight is 382 g/mol. The maximum atomic E-state index is 12.4. The number of aryl methyl sites for hydroxylation is 2. The van der Waals surface area contributed by atoms with E-state index in [4.69, 9.17) is 4.74 Å². The molecule has 1 saturated heterocycles. The first-order chi connectivity index (χ1) is 13.4. The molecule has 0 saturated carbocycles. The molecule has 6 heteroatoms. The smallest absolute Gasteiger partial charge is 0.342 e. The number of nitrogens with zero attached hydrogens (tertiary/aromatic N) is 2. The van der Waals surface area contributed by atoms with Crippen LogP contribution in [0.5, 0.6) is 5.75 Å². The number of piperazine rings is 1. The summed E-state index contributed by atoms with van der Waals surface area (Å²) in [5.41, 5.74) is 3.43. The number of benzene rings is 2. The highest BCUT2D eigenvalue weighted by Gasteiger charge is 2.23. The molecule has 2 aromatic rings. The predicted octanol–water partition coefficient (Wildman–Crippen LogP) is 2.51. The number of esters is 1. The van der Waals surface area contributed by atoms with Gasteiger partial charge in [0.1, 0.15) is 11.3 Å². The molecule has 0 radical (unpaired) electrons. The van der Waals surface area contributed by atoms with Crippen LogP contribution in [0, 0.1) is 13.8 Å². The van der Waals surface area contributed by atoms with E-state index in [9.17, 15) is 14.7 Å². The Hall–Kier alpha value is -2.86. The monoisotopic (exact) mass is 382 g/mol. The summed E-state index contributed by atoms with van der Waals surface area (Å²) in [4.78, 5) is 28.5. The number of hydrogen-bond acceptors (Lipinski definition) is 5. The molecule has 1 heterocycles. The molecule has 2 aromatic carbocycles. The lowest BCUT2D eigenvalue weighted by molar-refractivity contribution is -0.136. The van der Waals surface area contributed by atoms with Crippen LogP contribution in [0.15, 0.2) is 42.5 Å². The number of ether oxygens (including phenoxy) is 1. The molecule has 1 fully saturated rings. The first-order valence-corrected chi connectivity index (χ1v) is 9.45. The Labute approximate surface area is 165 Å². The zero-order chi connectivity index (χ0) is 20.1. The van der Waals surface area contributed by atoms with Crippen molar-refractivity contribution >= 4 is 11.9 Å². The van der Waals surface area contributed by atoms with Gasteiger partial charge in [-0.25, -0.2) is 4.79 Å². The highest BCUT2D eigenvalue weighted by atomic mass is 16.5. The fourth-order valence-electron chi connectivity index (χ4n) is 3.33. The Morgan fingerprint density at radius 2 is 1.71 bits per heavy atom. The molecular formula is C22H26N2O4. The van der Waals surface area contributed by atoms with Gasteiger partial charge in [-0.2, -0.15) is 0 Å². The van der Waals surface area contributed by atoms with Crippen molar-refractivity contribution in [2.45, 2.75) is 20.4 Å². The van der Waals surface area contributed by atoms with Gasteiger partial charge < -0.3 is 14.7 Å². The molecule has 0 aliphatic carbocycles. The highest BCUT2D eigenvalue weighted by molar-refractivity contribution is 5.94. The van der Waals surface area contributed by atoms with Crippen molar-refractivity contribution in [1.29, 1.82) is 0 Å². The van der Waals surface area contributed by atoms with Gasteiger partial charge in [0.2, 0.25) is 0 Å². The molecule has 148 valence electrons. The van der Waals surface area contributed by atoms with E-state index in [2.05, 4.69) is 36.1 Å². The summed E-state index contributed by atoms with van der Waals surface area (Å²) in [6.07, 6.45) is 0. The van der Waals surface area contributed by atoms with E-state index in [1.165, 1.54) is 17.2 Å². The van der Waals surface area contributed by atoms with Crippen LogP contribution in [0.3, 0.4) is 0 Å². The van der Waals surface area contributed by atoms with Crippen LogP contribution in [0.2, 0.25) is 0 Å². The summed E-state index contributed by atoms with van der Waals surface area (Å²) in [5, 5.41) is 9.79. The van der Waals surface area contributed by atoms with Crippen LogP contribution in [0.25, 0.3) is 0 Å². The Kier molecular flexibility index (Phi) is 6.31. The van der Waals surface area contributed by atoms with Gasteiger partial charge in [0.05, 0.1) is 0 Å². The van der Waals surface area contributed by atoms with Crippen LogP contribution >= 0.6 is 0 Å². The van der Waals surface area contributed by atoms with Gasteiger partial charge in [0.25, 0.3) is 5.91 Å². The standard InChI is InChI=1S/C22H26N2O4/c1-16-4-3-5-18(12-16)14-23-8-10-24(11-9-23)21(26)15-28-22(27)19-13-17(2)6-7-20(19)25/h3-7,12-13,25H,8-11,14-15H2,1-2H3. The topological polar surface area (TPSA) is 70.1 Å². The van der Waals surface area contributed by atoms with E-state index in [0.29, 0.717) is 13.1 Å². The Morgan fingerprint density at radius 3 is 2.43 bits per heavy atom. The lowest BCUT2D eigenvalue weighted by Gasteiger charge is -2.34. The predicted molar refractivity (Wildman–Crippen MR) is 106 cm³/mol. The average Bonchev–Trinajstić information content (AvgIpc) is 2.68. The van der Waals surface area contributed by atoms with Gasteiger partial charge >= 0.3 is 5.97 Å². The normalized spacial score (nSPS) is 14.7. The number of rotatable bonds is 5. The second-order valence-corrected chi connectivity index (χ2v) is 7.24. The number of phenolic OH excluding ortho intramolecular Hbond substituents is 1. The minimum absolute atomic E-state index is 0.0794. The molecular weight excluding hydrogens is 356 g/mol. The number of phenols is 1. The van der Waals surface area contributed by atoms with Crippen LogP contribution in [0.4, 0.5) is 0 Å². The molecule has 0 unspecified atom stereocenters. The maximum absolute atomic E-state index is 12.4. The van der Waals surface area contributed by atoms with Crippen LogP contribution in [-0.4, -0.2) is 59.6 Å². The summed E-state index contributed by atoms with van der Waals surface area (Å²) in [6.45, 7) is 7.24. The van der Waals surface area contributed by atoms with E-state index in [0.717, 1.165) is 25.2 Å². The summed E-state index contributed by atoms with van der Waals surface area (Å²) in [5.74, 6) is -1.05. The van der Waals surface area contributed by atoms with Crippen LogP contribution in [-0.2, 0) is 16.1 Å². The second-order valence-electron chi connectivity index (χ2n) is 7.24. The fraction of sp³-hybridized carbons (Fsp3) is 0.364. The van der Waals surface area contributed by atoms with Gasteiger partial charge in [-0.1, -0.05) is 41.5 Å². The van der Waals surface area contributed by atoms with Crippen LogP contribution in [0.1, 0.15) is 27.0 Å². The van der Waals surface area contributed by atoms with Crippen molar-refractivity contribution in [3.05, 3.63) is 64.7 Å². The summed E-state index contributed by atoms with van der Waals surface area (Å²) in [7, 11) is 0. The number of aromatic hydroxyl groups is 1. The van der Waals surface area contributed by atoms with Crippen LogP contribution < -0.4 is 0 Å². The van der Waals surface area contributed by atoms with Crippen molar-refractivity contribution in [2.24, 2.45) is 0 Å². The summed E-state index contributed by atoms with van der Waals surface area (Å²) < 4.78 is 5.11. The minimum Gasteiger partial charge on any atom is -0.507 e. The number of carbonyl (C=O) groups excluding carboxylic acids is 2. The first kappa shape index (κ1) is 19.9. The van der Waals surface area contributed by atoms with Crippen molar-refractivity contribution in [1.82, 2.24) is 9.80 Å². The SMILES string of the molecule is Cc1cccc(CN2CCN(C(=O)COC(=O)c3cc(C)ccc3O)CC2)c1. The molecule has 0 atom stereocenters. The van der Waals surface area contributed by atoms with Crippen molar-refractivity contribution < 1.29 is 19.4 Å². The van der Waals surface area contributed by atoms with Gasteiger partial charge in [-0.05, 0) is 31.5 Å². The molecule has 28 heavy (non-hydrogen) atoms. The molecule has 1 N–H and O–H groups in total. The lowest BCUT2D eigenvalue weighted by Crippen LogP contribution is -2.49. The van der Waals surface area contributed by atoms with E-state index < -0.39 is 5.97 Å². The molecule has 3 rings (SSSR count).